The van der Waals surface area contributed by atoms with Gasteiger partial charge in [-0.3, -0.25) is 4.79 Å². The molecule has 4 nitrogen and oxygen atoms in total. The van der Waals surface area contributed by atoms with Crippen molar-refractivity contribution < 1.29 is 4.79 Å². The highest BCUT2D eigenvalue weighted by Crippen LogP contribution is 2.58. The minimum atomic E-state index is 0.168. The largest absolute Gasteiger partial charge is 0.349 e. The van der Waals surface area contributed by atoms with Crippen LogP contribution in [0.3, 0.4) is 0 Å². The number of fused-ring (bicyclic) bond motifs is 7. The molecule has 0 aliphatic heterocycles. The van der Waals surface area contributed by atoms with Gasteiger partial charge in [-0.15, -0.1) is 0 Å². The second-order valence-electron chi connectivity index (χ2n) is 11.1. The zero-order valence-electron chi connectivity index (χ0n) is 19.2. The molecule has 4 heteroatoms. The molecule has 6 rings (SSSR count). The zero-order valence-corrected chi connectivity index (χ0v) is 19.2. The molecular formula is C28H37N3O. The third-order valence-corrected chi connectivity index (χ3v) is 9.79. The summed E-state index contributed by atoms with van der Waals surface area (Å²) in [6.45, 7) is 0.445. The maximum absolute atomic E-state index is 13.0. The number of hydrogen-bond donors (Lipinski definition) is 1. The van der Waals surface area contributed by atoms with Gasteiger partial charge in [-0.05, 0) is 106 Å². The molecule has 8 atom stereocenters. The summed E-state index contributed by atoms with van der Waals surface area (Å²) in [5.74, 6) is 6.82. The fourth-order valence-electron chi connectivity index (χ4n) is 8.33. The van der Waals surface area contributed by atoms with Crippen molar-refractivity contribution in [3.63, 3.8) is 0 Å². The molecule has 0 bridgehead atoms. The Labute approximate surface area is 192 Å². The maximum Gasteiger partial charge on any atom is 0.223 e. The average Bonchev–Trinajstić information content (AvgIpc) is 2.87. The van der Waals surface area contributed by atoms with Gasteiger partial charge in [0, 0.05) is 24.2 Å². The minimum Gasteiger partial charge on any atom is -0.349 e. The predicted molar refractivity (Wildman–Crippen MR) is 125 cm³/mol. The van der Waals surface area contributed by atoms with E-state index in [0.717, 1.165) is 54.3 Å². The molecule has 32 heavy (non-hydrogen) atoms. The summed E-state index contributed by atoms with van der Waals surface area (Å²) in [6, 6.07) is 1.81. The monoisotopic (exact) mass is 431 g/mol. The van der Waals surface area contributed by atoms with Crippen LogP contribution in [0.1, 0.15) is 70.0 Å². The van der Waals surface area contributed by atoms with Crippen molar-refractivity contribution in [1.29, 1.82) is 0 Å². The lowest BCUT2D eigenvalue weighted by atomic mass is 9.51. The van der Waals surface area contributed by atoms with Gasteiger partial charge in [0.15, 0.2) is 0 Å². The molecule has 1 amide bonds. The van der Waals surface area contributed by atoms with E-state index in [0.29, 0.717) is 12.4 Å². The van der Waals surface area contributed by atoms with Crippen molar-refractivity contribution in [2.45, 2.75) is 70.8 Å². The highest BCUT2D eigenvalue weighted by molar-refractivity contribution is 5.78. The number of nitrogens with zero attached hydrogens (tertiary/aromatic N) is 2. The van der Waals surface area contributed by atoms with Crippen LogP contribution in [0.5, 0.6) is 0 Å². The fraction of sp³-hybridized carbons (Fsp3) is 0.679. The Morgan fingerprint density at radius 2 is 1.78 bits per heavy atom. The summed E-state index contributed by atoms with van der Waals surface area (Å²) in [5, 5.41) is 3.13. The normalized spacial score (nSPS) is 40.2. The lowest BCUT2D eigenvalue weighted by Gasteiger charge is -2.54. The molecule has 1 heterocycles. The number of carbonyl (C=O) groups is 1. The van der Waals surface area contributed by atoms with Crippen LogP contribution in [0.25, 0.3) is 0 Å². The summed E-state index contributed by atoms with van der Waals surface area (Å²) in [5.41, 5.74) is 1.81. The Morgan fingerprint density at radius 3 is 2.69 bits per heavy atom. The zero-order chi connectivity index (χ0) is 21.5. The highest BCUT2D eigenvalue weighted by atomic mass is 16.1. The molecule has 170 valence electrons. The molecule has 0 aromatic carbocycles. The van der Waals surface area contributed by atoms with Crippen LogP contribution in [-0.4, -0.2) is 15.9 Å². The Balaban J connectivity index is 1.15. The first kappa shape index (κ1) is 20.6. The van der Waals surface area contributed by atoms with Crippen molar-refractivity contribution >= 4 is 5.91 Å². The highest BCUT2D eigenvalue weighted by Gasteiger charge is 2.49. The van der Waals surface area contributed by atoms with Gasteiger partial charge < -0.3 is 5.32 Å². The van der Waals surface area contributed by atoms with Crippen LogP contribution in [-0.2, 0) is 11.3 Å². The molecule has 0 radical (unpaired) electrons. The molecule has 1 aromatic heterocycles. The first-order valence-electron chi connectivity index (χ1n) is 13.2. The van der Waals surface area contributed by atoms with E-state index >= 15 is 0 Å². The van der Waals surface area contributed by atoms with Crippen LogP contribution in [0, 0.1) is 47.3 Å². The van der Waals surface area contributed by atoms with E-state index in [1.54, 1.807) is 12.4 Å². The topological polar surface area (TPSA) is 54.9 Å². The number of hydrogen-bond acceptors (Lipinski definition) is 3. The average molecular weight is 432 g/mol. The SMILES string of the molecule is O=C(NCc1ncccn1)C1CCC2CCC3C4CCC5CCC=CC5C4=CCC3C2C1. The summed E-state index contributed by atoms with van der Waals surface area (Å²) in [4.78, 5) is 21.5. The first-order valence-corrected chi connectivity index (χ1v) is 13.2. The van der Waals surface area contributed by atoms with Crippen LogP contribution in [0.4, 0.5) is 0 Å². The standard InChI is InChI=1S/C28H37N3O/c32-28(31-17-27-29-14-3-15-30-27)20-7-6-19-9-11-24-23-10-8-18-4-1-2-5-21(18)22(23)12-13-25(24)26(19)16-20/h2-3,5,12,14-15,18-21,23-26H,1,4,6-11,13,16-17H2,(H,31,32). The minimum absolute atomic E-state index is 0.168. The van der Waals surface area contributed by atoms with E-state index < -0.39 is 0 Å². The Morgan fingerprint density at radius 1 is 0.938 bits per heavy atom. The number of amides is 1. The van der Waals surface area contributed by atoms with E-state index in [1.165, 1.54) is 51.4 Å². The summed E-state index contributed by atoms with van der Waals surface area (Å²) in [6.07, 6.45) is 24.2. The molecule has 0 spiro atoms. The molecule has 3 saturated carbocycles. The van der Waals surface area contributed by atoms with Crippen molar-refractivity contribution in [2.75, 3.05) is 0 Å². The van der Waals surface area contributed by atoms with Crippen molar-refractivity contribution in [1.82, 2.24) is 15.3 Å². The summed E-state index contributed by atoms with van der Waals surface area (Å²) < 4.78 is 0. The van der Waals surface area contributed by atoms with Crippen LogP contribution in [0.15, 0.2) is 42.3 Å². The quantitative estimate of drug-likeness (QED) is 0.645. The second kappa shape index (κ2) is 8.76. The Kier molecular flexibility index (Phi) is 5.64. The van der Waals surface area contributed by atoms with E-state index in [2.05, 4.69) is 33.5 Å². The van der Waals surface area contributed by atoms with Gasteiger partial charge in [0.1, 0.15) is 5.82 Å². The molecule has 3 fully saturated rings. The molecule has 5 aliphatic rings. The third kappa shape index (κ3) is 3.74. The summed E-state index contributed by atoms with van der Waals surface area (Å²) in [7, 11) is 0. The Bertz CT molecular complexity index is 893. The number of allylic oxidation sites excluding steroid dienone is 4. The first-order chi connectivity index (χ1) is 15.8. The lowest BCUT2D eigenvalue weighted by Crippen LogP contribution is -2.47. The molecule has 1 N–H and O–H groups in total. The van der Waals surface area contributed by atoms with Crippen LogP contribution in [0.2, 0.25) is 0 Å². The van der Waals surface area contributed by atoms with Gasteiger partial charge >= 0.3 is 0 Å². The predicted octanol–water partition coefficient (Wildman–Crippen LogP) is 5.47. The van der Waals surface area contributed by atoms with Crippen molar-refractivity contribution in [2.24, 2.45) is 47.3 Å². The van der Waals surface area contributed by atoms with Crippen LogP contribution >= 0.6 is 0 Å². The van der Waals surface area contributed by atoms with Gasteiger partial charge in [0.2, 0.25) is 5.91 Å². The lowest BCUT2D eigenvalue weighted by molar-refractivity contribution is -0.128. The molecular weight excluding hydrogens is 394 g/mol. The summed E-state index contributed by atoms with van der Waals surface area (Å²) >= 11 is 0. The number of aromatic nitrogens is 2. The molecule has 1 aromatic rings. The van der Waals surface area contributed by atoms with Gasteiger partial charge in [-0.2, -0.15) is 0 Å². The van der Waals surface area contributed by atoms with Gasteiger partial charge in [-0.25, -0.2) is 9.97 Å². The van der Waals surface area contributed by atoms with E-state index in [-0.39, 0.29) is 11.8 Å². The smallest absolute Gasteiger partial charge is 0.223 e. The van der Waals surface area contributed by atoms with Crippen molar-refractivity contribution in [3.05, 3.63) is 48.1 Å². The second-order valence-corrected chi connectivity index (χ2v) is 11.1. The van der Waals surface area contributed by atoms with E-state index in [4.69, 9.17) is 0 Å². The van der Waals surface area contributed by atoms with Gasteiger partial charge in [0.25, 0.3) is 0 Å². The third-order valence-electron chi connectivity index (χ3n) is 9.79. The van der Waals surface area contributed by atoms with Crippen molar-refractivity contribution in [3.8, 4) is 0 Å². The van der Waals surface area contributed by atoms with Gasteiger partial charge in [-0.1, -0.05) is 23.8 Å². The molecule has 0 saturated heterocycles. The number of carbonyl (C=O) groups excluding carboxylic acids is 1. The number of nitrogens with one attached hydrogen (secondary N) is 1. The maximum atomic E-state index is 13.0. The van der Waals surface area contributed by atoms with E-state index in [9.17, 15) is 4.79 Å². The fourth-order valence-corrected chi connectivity index (χ4v) is 8.33. The number of rotatable bonds is 3. The molecule has 5 aliphatic carbocycles. The molecule has 8 unspecified atom stereocenters. The van der Waals surface area contributed by atoms with Crippen LogP contribution < -0.4 is 5.32 Å². The van der Waals surface area contributed by atoms with E-state index in [1.807, 2.05) is 11.6 Å². The Hall–Kier alpha value is -1.97. The van der Waals surface area contributed by atoms with Gasteiger partial charge in [0.05, 0.1) is 6.54 Å².